The first kappa shape index (κ1) is 29.6. The molecular weight excluding hydrogens is 589 g/mol. The Morgan fingerprint density at radius 3 is 2.23 bits per heavy atom. The quantitative estimate of drug-likeness (QED) is 0.185. The third kappa shape index (κ3) is 6.61. The van der Waals surface area contributed by atoms with Gasteiger partial charge in [0.1, 0.15) is 11.6 Å². The number of carboxylic acid groups (broad SMARTS) is 1. The van der Waals surface area contributed by atoms with Gasteiger partial charge in [-0.3, -0.25) is 14.4 Å². The molecule has 216 valence electrons. The highest BCUT2D eigenvalue weighted by Crippen LogP contribution is 2.25. The number of hydrogen-bond donors (Lipinski definition) is 3. The Labute approximate surface area is 256 Å². The van der Waals surface area contributed by atoms with Gasteiger partial charge in [0, 0.05) is 29.4 Å². The Hall–Kier alpha value is -4.92. The van der Waals surface area contributed by atoms with Crippen molar-refractivity contribution in [3.8, 4) is 11.1 Å². The van der Waals surface area contributed by atoms with Crippen LogP contribution in [0.15, 0.2) is 102 Å². The number of aromatic nitrogens is 1. The lowest BCUT2D eigenvalue weighted by Crippen LogP contribution is -2.41. The molecule has 0 aliphatic rings. The molecule has 1 atom stereocenters. The Bertz CT molecular complexity index is 1920. The summed E-state index contributed by atoms with van der Waals surface area (Å²) in [6.07, 6.45) is 1.28. The van der Waals surface area contributed by atoms with Crippen molar-refractivity contribution in [3.05, 3.63) is 134 Å². The van der Waals surface area contributed by atoms with Gasteiger partial charge in [0.15, 0.2) is 0 Å². The lowest BCUT2D eigenvalue weighted by Gasteiger charge is -2.16. The van der Waals surface area contributed by atoms with Crippen LogP contribution in [0.25, 0.3) is 22.0 Å². The highest BCUT2D eigenvalue weighted by molar-refractivity contribution is 6.42. The Morgan fingerprint density at radius 2 is 1.56 bits per heavy atom. The van der Waals surface area contributed by atoms with E-state index >= 15 is 0 Å². The van der Waals surface area contributed by atoms with Gasteiger partial charge >= 0.3 is 5.97 Å². The highest BCUT2D eigenvalue weighted by atomic mass is 35.5. The number of rotatable bonds is 8. The van der Waals surface area contributed by atoms with Crippen LogP contribution >= 0.6 is 23.2 Å². The van der Waals surface area contributed by atoms with Crippen LogP contribution in [0, 0.1) is 0 Å². The molecule has 0 bridgehead atoms. The number of carbonyl (C=O) groups excluding carboxylic acids is 2. The monoisotopic (exact) mass is 613 g/mol. The third-order valence-electron chi connectivity index (χ3n) is 6.91. The molecule has 1 heterocycles. The summed E-state index contributed by atoms with van der Waals surface area (Å²) in [6, 6.07) is 25.6. The molecule has 3 N–H and O–H groups in total. The van der Waals surface area contributed by atoms with Gasteiger partial charge in [-0.2, -0.15) is 0 Å². The van der Waals surface area contributed by atoms with E-state index in [2.05, 4.69) is 10.6 Å². The second kappa shape index (κ2) is 12.5. The lowest BCUT2D eigenvalue weighted by molar-refractivity contribution is -0.117. The van der Waals surface area contributed by atoms with Crippen molar-refractivity contribution < 1.29 is 19.5 Å². The molecule has 0 unspecified atom stereocenters. The molecule has 0 saturated heterocycles. The van der Waals surface area contributed by atoms with Crippen molar-refractivity contribution in [2.75, 3.05) is 5.32 Å². The van der Waals surface area contributed by atoms with Crippen LogP contribution in [0.1, 0.15) is 33.2 Å². The number of carboxylic acids is 1. The van der Waals surface area contributed by atoms with E-state index in [1.165, 1.54) is 12.3 Å². The van der Waals surface area contributed by atoms with Crippen molar-refractivity contribution in [1.82, 2.24) is 9.88 Å². The molecule has 0 spiro atoms. The van der Waals surface area contributed by atoms with Crippen LogP contribution in [0.5, 0.6) is 0 Å². The number of nitrogens with zero attached hydrogens (tertiary/aromatic N) is 1. The summed E-state index contributed by atoms with van der Waals surface area (Å²) in [4.78, 5) is 50.7. The second-order valence-corrected chi connectivity index (χ2v) is 10.7. The van der Waals surface area contributed by atoms with Gasteiger partial charge in [0.05, 0.1) is 15.6 Å². The normalized spacial score (nSPS) is 11.6. The van der Waals surface area contributed by atoms with Gasteiger partial charge < -0.3 is 20.3 Å². The van der Waals surface area contributed by atoms with E-state index in [1.54, 1.807) is 54.0 Å². The van der Waals surface area contributed by atoms with Crippen LogP contribution in [-0.4, -0.2) is 33.5 Å². The van der Waals surface area contributed by atoms with Crippen LogP contribution < -0.4 is 16.1 Å². The van der Waals surface area contributed by atoms with Crippen molar-refractivity contribution >= 4 is 57.6 Å². The summed E-state index contributed by atoms with van der Waals surface area (Å²) in [6.45, 7) is 1.76. The summed E-state index contributed by atoms with van der Waals surface area (Å²) in [5.74, 6) is -2.31. The molecule has 8 nitrogen and oxygen atoms in total. The van der Waals surface area contributed by atoms with Crippen molar-refractivity contribution in [3.63, 3.8) is 0 Å². The molecular formula is C33H25Cl2N3O5. The summed E-state index contributed by atoms with van der Waals surface area (Å²) < 4.78 is 1.62. The molecule has 2 amide bonds. The molecule has 5 aromatic rings. The molecule has 5 rings (SSSR count). The number of amides is 2. The number of halogens is 2. The minimum Gasteiger partial charge on any atom is -0.477 e. The largest absolute Gasteiger partial charge is 0.477 e. The maximum atomic E-state index is 13.1. The molecule has 0 aliphatic heterocycles. The Kier molecular flexibility index (Phi) is 8.61. The maximum absolute atomic E-state index is 13.1. The summed E-state index contributed by atoms with van der Waals surface area (Å²) in [5, 5.41) is 15.9. The van der Waals surface area contributed by atoms with Crippen molar-refractivity contribution in [1.29, 1.82) is 0 Å². The van der Waals surface area contributed by atoms with E-state index < -0.39 is 34.8 Å². The zero-order chi connectivity index (χ0) is 30.7. The van der Waals surface area contributed by atoms with E-state index in [0.29, 0.717) is 21.1 Å². The van der Waals surface area contributed by atoms with E-state index in [9.17, 15) is 24.3 Å². The first-order valence-electron chi connectivity index (χ1n) is 13.2. The van der Waals surface area contributed by atoms with Crippen LogP contribution in [0.3, 0.4) is 0 Å². The van der Waals surface area contributed by atoms with E-state index in [-0.39, 0.29) is 17.6 Å². The topological polar surface area (TPSA) is 118 Å². The third-order valence-corrected chi connectivity index (χ3v) is 7.65. The van der Waals surface area contributed by atoms with Gasteiger partial charge in [-0.25, -0.2) is 4.79 Å². The fourth-order valence-electron chi connectivity index (χ4n) is 4.63. The maximum Gasteiger partial charge on any atom is 0.341 e. The number of nitrogens with one attached hydrogen (secondary N) is 2. The summed E-state index contributed by atoms with van der Waals surface area (Å²) in [7, 11) is 0. The van der Waals surface area contributed by atoms with Crippen LogP contribution in [0.4, 0.5) is 5.69 Å². The average Bonchev–Trinajstić information content (AvgIpc) is 3.00. The number of fused-ring (bicyclic) bond motifs is 1. The fraction of sp³-hybridized carbons (Fsp3) is 0.0909. The minimum absolute atomic E-state index is 0.105. The molecule has 4 aromatic carbocycles. The number of aromatic carboxylic acids is 1. The van der Waals surface area contributed by atoms with Gasteiger partial charge in [-0.15, -0.1) is 0 Å². The SMILES string of the molecule is C[C@H](NC(=O)c1ccc(-c2ccccc2)cc1)C(=O)Nc1ccc2c(c1)c(=O)c(C(=O)O)cn2Cc1ccc(Cl)c(Cl)c1. The highest BCUT2D eigenvalue weighted by Gasteiger charge is 2.19. The number of benzene rings is 4. The Morgan fingerprint density at radius 1 is 0.860 bits per heavy atom. The van der Waals surface area contributed by atoms with Crippen molar-refractivity contribution in [2.24, 2.45) is 0 Å². The van der Waals surface area contributed by atoms with E-state index in [4.69, 9.17) is 23.2 Å². The standard InChI is InChI=1S/C33H25Cl2N3O5/c1-19(36-32(41)23-10-8-22(9-11-23)21-5-3-2-4-6-21)31(40)37-24-12-14-29-25(16-24)30(39)26(33(42)43)18-38(29)17-20-7-13-27(34)28(35)15-20/h2-16,18-19H,17H2,1H3,(H,36,41)(H,37,40)(H,42,43)/t19-/m0/s1. The minimum atomic E-state index is -1.38. The van der Waals surface area contributed by atoms with Gasteiger partial charge in [0.2, 0.25) is 11.3 Å². The van der Waals surface area contributed by atoms with Gasteiger partial charge in [-0.1, -0.05) is 71.7 Å². The smallest absolute Gasteiger partial charge is 0.341 e. The van der Waals surface area contributed by atoms with Crippen molar-refractivity contribution in [2.45, 2.75) is 19.5 Å². The predicted octanol–water partition coefficient (Wildman–Crippen LogP) is 6.48. The zero-order valence-corrected chi connectivity index (χ0v) is 24.3. The first-order valence-corrected chi connectivity index (χ1v) is 14.0. The molecule has 0 aliphatic carbocycles. The number of anilines is 1. The fourth-order valence-corrected chi connectivity index (χ4v) is 4.95. The molecule has 0 fully saturated rings. The molecule has 0 saturated carbocycles. The molecule has 10 heteroatoms. The number of pyridine rings is 1. The average molecular weight is 614 g/mol. The van der Waals surface area contributed by atoms with Gasteiger partial charge in [-0.05, 0) is 66.1 Å². The second-order valence-electron chi connectivity index (χ2n) is 9.91. The first-order chi connectivity index (χ1) is 20.6. The van der Waals surface area contributed by atoms with Crippen LogP contribution in [0.2, 0.25) is 10.0 Å². The Balaban J connectivity index is 1.34. The predicted molar refractivity (Wildman–Crippen MR) is 168 cm³/mol. The zero-order valence-electron chi connectivity index (χ0n) is 22.8. The van der Waals surface area contributed by atoms with Gasteiger partial charge in [0.25, 0.3) is 5.91 Å². The number of carbonyl (C=O) groups is 3. The van der Waals surface area contributed by atoms with Crippen LogP contribution in [-0.2, 0) is 11.3 Å². The van der Waals surface area contributed by atoms with E-state index in [1.807, 2.05) is 42.5 Å². The number of hydrogen-bond acceptors (Lipinski definition) is 4. The summed E-state index contributed by atoms with van der Waals surface area (Å²) >= 11 is 12.2. The molecule has 43 heavy (non-hydrogen) atoms. The summed E-state index contributed by atoms with van der Waals surface area (Å²) in [5.41, 5.74) is 2.74. The van der Waals surface area contributed by atoms with E-state index in [0.717, 1.165) is 16.7 Å². The molecule has 1 aromatic heterocycles. The lowest BCUT2D eigenvalue weighted by atomic mass is 10.0. The molecule has 0 radical (unpaired) electrons.